The van der Waals surface area contributed by atoms with Crippen LogP contribution in [0.25, 0.3) is 0 Å². The van der Waals surface area contributed by atoms with Gasteiger partial charge in [0.25, 0.3) is 0 Å². The predicted octanol–water partition coefficient (Wildman–Crippen LogP) is 3.51. The number of ketones is 1. The molecule has 0 bridgehead atoms. The quantitative estimate of drug-likeness (QED) is 0.427. The Morgan fingerprint density at radius 1 is 1.20 bits per heavy atom. The zero-order valence-corrected chi connectivity index (χ0v) is 21.4. The van der Waals surface area contributed by atoms with Gasteiger partial charge < -0.3 is 15.7 Å². The second kappa shape index (κ2) is 12.3. The van der Waals surface area contributed by atoms with Gasteiger partial charge in [-0.25, -0.2) is 4.98 Å². The Bertz CT molecular complexity index is 1150. The lowest BCUT2D eigenvalue weighted by molar-refractivity contribution is -0.118. The first-order chi connectivity index (χ1) is 16.6. The lowest BCUT2D eigenvalue weighted by Gasteiger charge is -2.24. The first kappa shape index (κ1) is 27.8. The third kappa shape index (κ3) is 7.05. The molecule has 0 fully saturated rings. The van der Waals surface area contributed by atoms with E-state index in [0.29, 0.717) is 24.0 Å². The molecule has 0 aliphatic heterocycles. The number of hydrogen-bond donors (Lipinski definition) is 2. The van der Waals surface area contributed by atoms with Gasteiger partial charge in [-0.1, -0.05) is 62.9 Å². The van der Waals surface area contributed by atoms with Crippen molar-refractivity contribution in [3.05, 3.63) is 52.6 Å². The molecule has 8 nitrogen and oxygen atoms in total. The molecule has 1 unspecified atom stereocenters. The fourth-order valence-corrected chi connectivity index (χ4v) is 4.61. The van der Waals surface area contributed by atoms with E-state index in [-0.39, 0.29) is 52.7 Å². The first-order valence-corrected chi connectivity index (χ1v) is 12.2. The van der Waals surface area contributed by atoms with Crippen LogP contribution in [-0.2, 0) is 16.0 Å². The molecule has 0 aliphatic rings. The number of amides is 1. The smallest absolute Gasteiger partial charge is 0.235 e. The molecule has 2 aromatic rings. The lowest BCUT2D eigenvalue weighted by Crippen LogP contribution is -2.29. The van der Waals surface area contributed by atoms with Gasteiger partial charge in [0.05, 0.1) is 17.7 Å². The number of rotatable bonds is 12. The number of aliphatic hydroxyl groups excluding tert-OH is 1. The van der Waals surface area contributed by atoms with E-state index in [1.165, 1.54) is 0 Å². The Labute approximate surface area is 210 Å². The van der Waals surface area contributed by atoms with E-state index in [0.717, 1.165) is 11.8 Å². The number of thioether (sulfide) groups is 1. The minimum atomic E-state index is -0.783. The van der Waals surface area contributed by atoms with Crippen LogP contribution in [0.4, 0.5) is 5.82 Å². The molecule has 0 saturated heterocycles. The summed E-state index contributed by atoms with van der Waals surface area (Å²) in [5.41, 5.74) is 6.97. The van der Waals surface area contributed by atoms with Crippen molar-refractivity contribution in [2.45, 2.75) is 50.3 Å². The number of likely N-dealkylation sites (N-methyl/N-ethyl adjacent to an activating group) is 1. The van der Waals surface area contributed by atoms with Gasteiger partial charge in [0, 0.05) is 20.1 Å². The number of carbonyl (C=O) groups excluding carboxylic acids is 2. The van der Waals surface area contributed by atoms with Crippen LogP contribution in [0.15, 0.2) is 35.4 Å². The summed E-state index contributed by atoms with van der Waals surface area (Å²) in [6.07, 6.45) is 1.20. The number of pyridine rings is 1. The largest absolute Gasteiger partial charge is 0.396 e. The lowest BCUT2D eigenvalue weighted by atomic mass is 9.88. The summed E-state index contributed by atoms with van der Waals surface area (Å²) in [5, 5.41) is 28.7. The number of nitrogens with two attached hydrogens (primary N) is 1. The van der Waals surface area contributed by atoms with Crippen molar-refractivity contribution in [1.82, 2.24) is 4.98 Å². The van der Waals surface area contributed by atoms with Gasteiger partial charge in [-0.15, -0.1) is 0 Å². The monoisotopic (exact) mass is 493 g/mol. The third-order valence-corrected chi connectivity index (χ3v) is 6.96. The first-order valence-electron chi connectivity index (χ1n) is 11.3. The molecule has 1 heterocycles. The minimum Gasteiger partial charge on any atom is -0.396 e. The third-order valence-electron chi connectivity index (χ3n) is 5.70. The second-order valence-corrected chi connectivity index (χ2v) is 10.2. The molecule has 1 atom stereocenters. The van der Waals surface area contributed by atoms with Crippen molar-refractivity contribution < 1.29 is 14.7 Å². The highest BCUT2D eigenvalue weighted by Crippen LogP contribution is 2.39. The Hall–Kier alpha value is -3.40. The van der Waals surface area contributed by atoms with E-state index in [1.54, 1.807) is 36.2 Å². The maximum absolute atomic E-state index is 12.7. The summed E-state index contributed by atoms with van der Waals surface area (Å²) in [6, 6.07) is 13.3. The van der Waals surface area contributed by atoms with Gasteiger partial charge in [-0.3, -0.25) is 9.59 Å². The van der Waals surface area contributed by atoms with Gasteiger partial charge in [0.1, 0.15) is 28.2 Å². The van der Waals surface area contributed by atoms with Crippen molar-refractivity contribution in [3.63, 3.8) is 0 Å². The van der Waals surface area contributed by atoms with Crippen LogP contribution in [-0.4, -0.2) is 42.0 Å². The fourth-order valence-electron chi connectivity index (χ4n) is 3.55. The highest BCUT2D eigenvalue weighted by molar-refractivity contribution is 8.00. The van der Waals surface area contributed by atoms with Crippen LogP contribution in [0.1, 0.15) is 61.1 Å². The molecule has 3 N–H and O–H groups in total. The van der Waals surface area contributed by atoms with Crippen molar-refractivity contribution in [1.29, 1.82) is 10.5 Å². The van der Waals surface area contributed by atoms with E-state index in [2.05, 4.69) is 17.1 Å². The Balaban J connectivity index is 2.48. The number of carbonyl (C=O) groups is 2. The van der Waals surface area contributed by atoms with Crippen LogP contribution in [0.3, 0.4) is 0 Å². The molecule has 9 heteroatoms. The number of nitrogens with zero attached hydrogens (tertiary/aromatic N) is 4. The van der Waals surface area contributed by atoms with Gasteiger partial charge in [0.15, 0.2) is 5.78 Å². The minimum absolute atomic E-state index is 0.0142. The molecule has 1 aromatic heterocycles. The maximum atomic E-state index is 12.7. The van der Waals surface area contributed by atoms with Crippen LogP contribution in [0.2, 0.25) is 0 Å². The van der Waals surface area contributed by atoms with E-state index in [4.69, 9.17) is 5.73 Å². The van der Waals surface area contributed by atoms with Crippen molar-refractivity contribution in [2.75, 3.05) is 25.1 Å². The molecule has 184 valence electrons. The van der Waals surface area contributed by atoms with Crippen molar-refractivity contribution >= 4 is 29.3 Å². The van der Waals surface area contributed by atoms with Crippen LogP contribution < -0.4 is 10.6 Å². The van der Waals surface area contributed by atoms with Gasteiger partial charge >= 0.3 is 0 Å². The molecule has 35 heavy (non-hydrogen) atoms. The number of benzene rings is 1. The summed E-state index contributed by atoms with van der Waals surface area (Å²) in [6.45, 7) is 5.60. The highest BCUT2D eigenvalue weighted by Gasteiger charge is 2.27. The average molecular weight is 494 g/mol. The Kier molecular flexibility index (Phi) is 9.82. The topological polar surface area (TPSA) is 144 Å². The fraction of sp³-hybridized carbons (Fsp3) is 0.423. The van der Waals surface area contributed by atoms with Crippen LogP contribution >= 0.6 is 11.8 Å². The molecule has 2 rings (SSSR count). The molecule has 1 aromatic carbocycles. The number of primary amides is 1. The SMILES string of the molecule is CCc1c(C#N)c(SC(C(N)=O)c2ccccc2)nc(N(C)CC(=O)CCC(C)(C)CO)c1C#N. The summed E-state index contributed by atoms with van der Waals surface area (Å²) in [5.74, 6) is -0.363. The molecular weight excluding hydrogens is 462 g/mol. The number of nitriles is 2. The number of hydrogen-bond acceptors (Lipinski definition) is 8. The normalized spacial score (nSPS) is 11.9. The van der Waals surface area contributed by atoms with E-state index in [1.807, 2.05) is 26.8 Å². The Morgan fingerprint density at radius 3 is 2.34 bits per heavy atom. The van der Waals surface area contributed by atoms with Crippen LogP contribution in [0.5, 0.6) is 0 Å². The highest BCUT2D eigenvalue weighted by atomic mass is 32.2. The van der Waals surface area contributed by atoms with Crippen molar-refractivity contribution in [2.24, 2.45) is 11.1 Å². The molecule has 0 aliphatic carbocycles. The summed E-state index contributed by atoms with van der Waals surface area (Å²) < 4.78 is 0. The van der Waals surface area contributed by atoms with Crippen LogP contribution in [0, 0.1) is 28.1 Å². The van der Waals surface area contributed by atoms with Gasteiger partial charge in [-0.2, -0.15) is 10.5 Å². The summed E-state index contributed by atoms with van der Waals surface area (Å²) >= 11 is 1.06. The molecule has 0 spiro atoms. The van der Waals surface area contributed by atoms with Crippen molar-refractivity contribution in [3.8, 4) is 12.1 Å². The summed E-state index contributed by atoms with van der Waals surface area (Å²) in [7, 11) is 1.67. The molecule has 0 saturated carbocycles. The van der Waals surface area contributed by atoms with Gasteiger partial charge in [0.2, 0.25) is 5.91 Å². The van der Waals surface area contributed by atoms with E-state index in [9.17, 15) is 25.2 Å². The molecule has 0 radical (unpaired) electrons. The standard InChI is InChI=1S/C26H31N5O3S/c1-5-19-20(13-27)24(31(4)15-18(33)11-12-26(2,3)16-32)30-25(21(19)14-28)35-22(23(29)34)17-9-7-6-8-10-17/h6-10,22,32H,5,11-12,15-16H2,1-4H3,(H2,29,34). The Morgan fingerprint density at radius 2 is 1.83 bits per heavy atom. The molecule has 1 amide bonds. The average Bonchev–Trinajstić information content (AvgIpc) is 2.85. The zero-order chi connectivity index (χ0) is 26.2. The number of Topliss-reactive ketones (excluding diaryl/α,β-unsaturated/α-hetero) is 1. The zero-order valence-electron chi connectivity index (χ0n) is 20.5. The molecular formula is C26H31N5O3S. The number of aromatic nitrogens is 1. The number of anilines is 1. The predicted molar refractivity (Wildman–Crippen MR) is 136 cm³/mol. The maximum Gasteiger partial charge on any atom is 0.235 e. The van der Waals surface area contributed by atoms with Gasteiger partial charge in [-0.05, 0) is 29.4 Å². The van der Waals surface area contributed by atoms with E-state index >= 15 is 0 Å². The number of aliphatic hydroxyl groups is 1. The van der Waals surface area contributed by atoms with E-state index < -0.39 is 11.2 Å². The second-order valence-electron chi connectivity index (χ2n) is 9.07. The summed E-state index contributed by atoms with van der Waals surface area (Å²) in [4.78, 5) is 31.1.